The Morgan fingerprint density at radius 3 is 2.27 bits per heavy atom. The Labute approximate surface area is 217 Å². The van der Waals surface area contributed by atoms with Crippen LogP contribution in [0.5, 0.6) is 5.75 Å². The van der Waals surface area contributed by atoms with Crippen LogP contribution in [0.4, 0.5) is 0 Å². The average Bonchev–Trinajstić information content (AvgIpc) is 3.18. The fourth-order valence-corrected chi connectivity index (χ4v) is 7.30. The molecule has 0 aliphatic heterocycles. The topological polar surface area (TPSA) is 72.8 Å². The Hall–Kier alpha value is -3.44. The van der Waals surface area contributed by atoms with Crippen molar-refractivity contribution in [2.24, 2.45) is 17.3 Å². The van der Waals surface area contributed by atoms with E-state index in [9.17, 15) is 14.7 Å². The second-order valence-electron chi connectivity index (χ2n) is 11.1. The van der Waals surface area contributed by atoms with Gasteiger partial charge in [-0.05, 0) is 97.4 Å². The minimum atomic E-state index is -0.650. The lowest BCUT2D eigenvalue weighted by Gasteiger charge is -2.50. The summed E-state index contributed by atoms with van der Waals surface area (Å²) in [5.41, 5.74) is 3.39. The second kappa shape index (κ2) is 9.46. The monoisotopic (exact) mass is 496 g/mol. The van der Waals surface area contributed by atoms with Crippen LogP contribution in [0.15, 0.2) is 78.9 Å². The summed E-state index contributed by atoms with van der Waals surface area (Å²) < 4.78 is 11.7. The normalized spacial score (nSPS) is 29.9. The van der Waals surface area contributed by atoms with Gasteiger partial charge < -0.3 is 14.6 Å². The summed E-state index contributed by atoms with van der Waals surface area (Å²) in [4.78, 5) is 25.4. The summed E-state index contributed by atoms with van der Waals surface area (Å²) in [6.45, 7) is 2.20. The van der Waals surface area contributed by atoms with Gasteiger partial charge in [0.1, 0.15) is 11.9 Å². The highest BCUT2D eigenvalue weighted by Crippen LogP contribution is 2.61. The molecule has 5 nitrogen and oxygen atoms in total. The largest absolute Gasteiger partial charge is 0.455 e. The van der Waals surface area contributed by atoms with Crippen LogP contribution in [0, 0.1) is 17.3 Å². The van der Waals surface area contributed by atoms with E-state index < -0.39 is 12.2 Å². The highest BCUT2D eigenvalue weighted by atomic mass is 16.6. The van der Waals surface area contributed by atoms with E-state index in [0.29, 0.717) is 41.1 Å². The van der Waals surface area contributed by atoms with Crippen molar-refractivity contribution in [1.29, 1.82) is 0 Å². The van der Waals surface area contributed by atoms with E-state index in [0.717, 1.165) is 25.7 Å². The zero-order valence-electron chi connectivity index (χ0n) is 21.0. The van der Waals surface area contributed by atoms with Crippen molar-refractivity contribution in [2.75, 3.05) is 0 Å². The van der Waals surface area contributed by atoms with Crippen molar-refractivity contribution < 1.29 is 24.2 Å². The fraction of sp³-hybridized carbons (Fsp3) is 0.375. The number of rotatable bonds is 4. The molecule has 2 fully saturated rings. The van der Waals surface area contributed by atoms with Gasteiger partial charge in [0.2, 0.25) is 0 Å². The molecule has 190 valence electrons. The standard InChI is InChI=1S/C32H32O5/c1-32-17-16-25-24-15-13-23(36-30(34)20-8-4-2-5-9-20)18-22(24)12-14-26(25)27(32)19-28(33)29(32)37-31(35)21-10-6-3-7-11-21/h2-11,13,15,18,25-29,33H,12,14,16-17,19H2,1H3/t25-,26-,27+,28-,29+,32+/m1/s1. The molecule has 0 spiro atoms. The van der Waals surface area contributed by atoms with Crippen LogP contribution in [0.2, 0.25) is 0 Å². The molecule has 3 aliphatic rings. The van der Waals surface area contributed by atoms with Crippen molar-refractivity contribution in [3.63, 3.8) is 0 Å². The highest BCUT2D eigenvalue weighted by Gasteiger charge is 2.59. The molecule has 37 heavy (non-hydrogen) atoms. The highest BCUT2D eigenvalue weighted by molar-refractivity contribution is 5.91. The summed E-state index contributed by atoms with van der Waals surface area (Å²) in [5.74, 6) is 0.990. The van der Waals surface area contributed by atoms with Gasteiger partial charge in [0.15, 0.2) is 0 Å². The van der Waals surface area contributed by atoms with Crippen LogP contribution in [0.3, 0.4) is 0 Å². The molecule has 3 aliphatic carbocycles. The lowest BCUT2D eigenvalue weighted by Crippen LogP contribution is -2.46. The molecular weight excluding hydrogens is 464 g/mol. The SMILES string of the molecule is C[C@]12CC[C@@H]3c4ccc(OC(=O)c5ccccc5)cc4CC[C@H]3[C@@H]1C[C@@H](O)[C@@H]2OC(=O)c1ccccc1. The molecule has 0 radical (unpaired) electrons. The van der Waals surface area contributed by atoms with Crippen molar-refractivity contribution in [2.45, 2.75) is 57.2 Å². The van der Waals surface area contributed by atoms with Gasteiger partial charge in [0, 0.05) is 5.41 Å². The van der Waals surface area contributed by atoms with Crippen LogP contribution in [-0.4, -0.2) is 29.3 Å². The lowest BCUT2D eigenvalue weighted by molar-refractivity contribution is -0.0676. The minimum Gasteiger partial charge on any atom is -0.455 e. The molecule has 5 heteroatoms. The third-order valence-electron chi connectivity index (χ3n) is 9.09. The summed E-state index contributed by atoms with van der Waals surface area (Å²) in [7, 11) is 0. The average molecular weight is 497 g/mol. The predicted octanol–water partition coefficient (Wildman–Crippen LogP) is 5.96. The maximum absolute atomic E-state index is 12.8. The van der Waals surface area contributed by atoms with E-state index in [-0.39, 0.29) is 17.4 Å². The molecule has 0 bridgehead atoms. The van der Waals surface area contributed by atoms with Crippen molar-refractivity contribution in [3.8, 4) is 5.75 Å². The van der Waals surface area contributed by atoms with E-state index in [4.69, 9.17) is 9.47 Å². The first-order valence-corrected chi connectivity index (χ1v) is 13.3. The number of aryl methyl sites for hydroxylation is 1. The van der Waals surface area contributed by atoms with Crippen LogP contribution in [0.1, 0.15) is 70.4 Å². The molecule has 6 atom stereocenters. The van der Waals surface area contributed by atoms with Crippen LogP contribution >= 0.6 is 0 Å². The molecule has 2 saturated carbocycles. The van der Waals surface area contributed by atoms with Gasteiger partial charge >= 0.3 is 11.9 Å². The van der Waals surface area contributed by atoms with E-state index in [2.05, 4.69) is 13.0 Å². The van der Waals surface area contributed by atoms with Gasteiger partial charge in [0.25, 0.3) is 0 Å². The number of benzene rings is 3. The van der Waals surface area contributed by atoms with Crippen LogP contribution < -0.4 is 4.74 Å². The van der Waals surface area contributed by atoms with Gasteiger partial charge in [-0.25, -0.2) is 9.59 Å². The number of aliphatic hydroxyl groups is 1. The van der Waals surface area contributed by atoms with Crippen molar-refractivity contribution in [1.82, 2.24) is 0 Å². The number of aliphatic hydroxyl groups excluding tert-OH is 1. The van der Waals surface area contributed by atoms with Crippen LogP contribution in [-0.2, 0) is 11.2 Å². The zero-order chi connectivity index (χ0) is 25.6. The van der Waals surface area contributed by atoms with Crippen LogP contribution in [0.25, 0.3) is 0 Å². The maximum Gasteiger partial charge on any atom is 0.343 e. The van der Waals surface area contributed by atoms with Gasteiger partial charge in [-0.3, -0.25) is 0 Å². The van der Waals surface area contributed by atoms with E-state index in [1.807, 2.05) is 48.5 Å². The third kappa shape index (κ3) is 4.25. The Morgan fingerprint density at radius 2 is 1.57 bits per heavy atom. The maximum atomic E-state index is 12.8. The number of hydrogen-bond acceptors (Lipinski definition) is 5. The first-order valence-electron chi connectivity index (χ1n) is 13.3. The van der Waals surface area contributed by atoms with Crippen molar-refractivity contribution in [3.05, 3.63) is 101 Å². The zero-order valence-corrected chi connectivity index (χ0v) is 21.0. The number of esters is 2. The Balaban J connectivity index is 1.19. The molecule has 6 rings (SSSR count). The number of fused-ring (bicyclic) bond motifs is 5. The second-order valence-corrected chi connectivity index (χ2v) is 11.1. The Morgan fingerprint density at radius 1 is 0.892 bits per heavy atom. The van der Waals surface area contributed by atoms with Gasteiger partial charge in [-0.1, -0.05) is 49.4 Å². The quantitative estimate of drug-likeness (QED) is 0.357. The summed E-state index contributed by atoms with van der Waals surface area (Å²) >= 11 is 0. The van der Waals surface area contributed by atoms with Gasteiger partial charge in [-0.15, -0.1) is 0 Å². The molecule has 3 aromatic carbocycles. The third-order valence-corrected chi connectivity index (χ3v) is 9.09. The molecule has 0 unspecified atom stereocenters. The summed E-state index contributed by atoms with van der Waals surface area (Å²) in [6.07, 6.45) is 3.32. The number of hydrogen-bond donors (Lipinski definition) is 1. The predicted molar refractivity (Wildman–Crippen MR) is 139 cm³/mol. The van der Waals surface area contributed by atoms with E-state index in [1.54, 1.807) is 24.3 Å². The van der Waals surface area contributed by atoms with Gasteiger partial charge in [-0.2, -0.15) is 0 Å². The Bertz CT molecular complexity index is 1300. The van der Waals surface area contributed by atoms with E-state index in [1.165, 1.54) is 11.1 Å². The first-order chi connectivity index (χ1) is 17.9. The molecule has 0 saturated heterocycles. The smallest absolute Gasteiger partial charge is 0.343 e. The van der Waals surface area contributed by atoms with Crippen molar-refractivity contribution >= 4 is 11.9 Å². The Kier molecular flexibility index (Phi) is 6.12. The molecule has 1 N–H and O–H groups in total. The first kappa shape index (κ1) is 23.9. The number of carbonyl (C=O) groups excluding carboxylic acids is 2. The molecule has 0 heterocycles. The number of carbonyl (C=O) groups is 2. The minimum absolute atomic E-state index is 0.242. The lowest BCUT2D eigenvalue weighted by atomic mass is 9.55. The number of ether oxygens (including phenoxy) is 2. The summed E-state index contributed by atoms with van der Waals surface area (Å²) in [5, 5.41) is 11.1. The molecule has 0 amide bonds. The molecule has 3 aromatic rings. The molecule has 0 aromatic heterocycles. The van der Waals surface area contributed by atoms with Gasteiger partial charge in [0.05, 0.1) is 17.2 Å². The molecular formula is C32H32O5. The fourth-order valence-electron chi connectivity index (χ4n) is 7.30. The summed E-state index contributed by atoms with van der Waals surface area (Å²) in [6, 6.07) is 24.1. The van der Waals surface area contributed by atoms with E-state index >= 15 is 0 Å².